The molecular formula is C23H27ClFN5O2. The maximum Gasteiger partial charge on any atom is 0.260 e. The molecule has 0 aliphatic heterocycles. The van der Waals surface area contributed by atoms with Crippen LogP contribution in [0.4, 0.5) is 10.1 Å². The first-order valence-corrected chi connectivity index (χ1v) is 10.3. The molecule has 0 saturated carbocycles. The molecule has 0 unspecified atom stereocenters. The van der Waals surface area contributed by atoms with Gasteiger partial charge in [-0.25, -0.2) is 15.2 Å². The molecule has 2 rings (SSSR count). The number of carbonyl (C=O) groups excluding carboxylic acids is 1. The number of unbranched alkanes of at least 4 members (excludes halogenated alkanes) is 1. The quantitative estimate of drug-likeness (QED) is 0.231. The summed E-state index contributed by atoms with van der Waals surface area (Å²) in [6.45, 7) is 6.13. The van der Waals surface area contributed by atoms with Gasteiger partial charge in [-0.1, -0.05) is 31.5 Å². The number of likely N-dealkylation sites (N-methyl/N-ethyl adjacent to an activating group) is 1. The predicted octanol–water partition coefficient (Wildman–Crippen LogP) is 4.72. The van der Waals surface area contributed by atoms with Crippen molar-refractivity contribution in [2.24, 2.45) is 11.6 Å². The lowest BCUT2D eigenvalue weighted by molar-refractivity contribution is 0.0839. The normalized spacial score (nSPS) is 11.5. The summed E-state index contributed by atoms with van der Waals surface area (Å²) < 4.78 is 18.7. The molecule has 7 nitrogen and oxygen atoms in total. The van der Waals surface area contributed by atoms with Gasteiger partial charge in [0.1, 0.15) is 5.82 Å². The number of nitrogens with zero attached hydrogens (tertiary/aromatic N) is 3. The molecule has 0 radical (unpaired) electrons. The van der Waals surface area contributed by atoms with Gasteiger partial charge in [0.25, 0.3) is 5.91 Å². The average Bonchev–Trinajstić information content (AvgIpc) is 2.79. The van der Waals surface area contributed by atoms with Crippen molar-refractivity contribution in [2.45, 2.75) is 26.2 Å². The number of halogens is 2. The fraction of sp³-hybridized carbons (Fsp3) is 0.217. The molecule has 9 heteroatoms. The molecule has 4 N–H and O–H groups in total. The van der Waals surface area contributed by atoms with Crippen molar-refractivity contribution in [2.75, 3.05) is 12.1 Å². The van der Waals surface area contributed by atoms with Crippen LogP contribution in [0, 0.1) is 5.82 Å². The van der Waals surface area contributed by atoms with Gasteiger partial charge in [-0.05, 0) is 37.1 Å². The highest BCUT2D eigenvalue weighted by Crippen LogP contribution is 2.27. The zero-order valence-electron chi connectivity index (χ0n) is 18.1. The minimum absolute atomic E-state index is 0.228. The molecule has 1 aromatic heterocycles. The van der Waals surface area contributed by atoms with Gasteiger partial charge in [0, 0.05) is 41.8 Å². The number of allylic oxidation sites excluding steroid dienone is 1. The molecule has 2 aromatic rings. The van der Waals surface area contributed by atoms with E-state index in [1.165, 1.54) is 46.8 Å². The summed E-state index contributed by atoms with van der Waals surface area (Å²) in [7, 11) is 1.60. The van der Waals surface area contributed by atoms with Crippen LogP contribution in [0.1, 0.15) is 36.5 Å². The van der Waals surface area contributed by atoms with Crippen LogP contribution >= 0.6 is 11.6 Å². The van der Waals surface area contributed by atoms with E-state index in [2.05, 4.69) is 18.5 Å². The van der Waals surface area contributed by atoms with Crippen molar-refractivity contribution in [1.29, 1.82) is 0 Å². The minimum atomic E-state index is -0.460. The number of anilines is 1. The standard InChI is InChI=1S/C23H27ClFN5O2/c1-4-5-6-17(15-32-22-10-8-19(25)14-28-22)16(2)29(3)23(31)20-13-18(24)7-9-21(20)30(27)12-11-26/h7-15H,2,4-6,26-27H2,1,3H3/b12-11-,17-15+. The van der Waals surface area contributed by atoms with Crippen molar-refractivity contribution < 1.29 is 13.9 Å². The van der Waals surface area contributed by atoms with E-state index in [-0.39, 0.29) is 17.4 Å². The first-order chi connectivity index (χ1) is 15.3. The topological polar surface area (TPSA) is 97.7 Å². The Kier molecular flexibility index (Phi) is 9.24. The predicted molar refractivity (Wildman–Crippen MR) is 125 cm³/mol. The van der Waals surface area contributed by atoms with Gasteiger partial charge in [0.15, 0.2) is 0 Å². The summed E-state index contributed by atoms with van der Waals surface area (Å²) in [6, 6.07) is 7.45. The van der Waals surface area contributed by atoms with Gasteiger partial charge >= 0.3 is 0 Å². The number of aromatic nitrogens is 1. The number of carbonyl (C=O) groups is 1. The molecule has 1 heterocycles. The van der Waals surface area contributed by atoms with Crippen molar-refractivity contribution in [3.63, 3.8) is 0 Å². The van der Waals surface area contributed by atoms with Gasteiger partial charge in [-0.15, -0.1) is 0 Å². The van der Waals surface area contributed by atoms with Crippen LogP contribution in [0.25, 0.3) is 0 Å². The molecular weight excluding hydrogens is 433 g/mol. The maximum absolute atomic E-state index is 13.3. The number of rotatable bonds is 10. The number of hydrogen-bond acceptors (Lipinski definition) is 6. The summed E-state index contributed by atoms with van der Waals surface area (Å²) in [5, 5.41) is 1.62. The van der Waals surface area contributed by atoms with Crippen LogP contribution in [0.5, 0.6) is 5.88 Å². The Morgan fingerprint density at radius 2 is 2.09 bits per heavy atom. The first kappa shape index (κ1) is 24.9. The Morgan fingerprint density at radius 1 is 1.34 bits per heavy atom. The summed E-state index contributed by atoms with van der Waals surface area (Å²) in [6.07, 6.45) is 7.64. The number of nitrogens with two attached hydrogens (primary N) is 2. The molecule has 0 spiro atoms. The fourth-order valence-corrected chi connectivity index (χ4v) is 2.97. The van der Waals surface area contributed by atoms with Gasteiger partial charge < -0.3 is 15.4 Å². The lowest BCUT2D eigenvalue weighted by Gasteiger charge is -2.25. The van der Waals surface area contributed by atoms with E-state index in [0.29, 0.717) is 28.4 Å². The third kappa shape index (κ3) is 6.57. The Balaban J connectivity index is 2.31. The van der Waals surface area contributed by atoms with Crippen LogP contribution in [0.2, 0.25) is 5.02 Å². The average molecular weight is 460 g/mol. The van der Waals surface area contributed by atoms with Crippen LogP contribution < -0.4 is 21.3 Å². The Hall–Kier alpha value is -3.36. The van der Waals surface area contributed by atoms with Gasteiger partial charge in [0.05, 0.1) is 23.7 Å². The lowest BCUT2D eigenvalue weighted by Crippen LogP contribution is -2.31. The molecule has 0 saturated heterocycles. The second kappa shape index (κ2) is 11.9. The Morgan fingerprint density at radius 3 is 2.72 bits per heavy atom. The summed E-state index contributed by atoms with van der Waals surface area (Å²) >= 11 is 6.13. The lowest BCUT2D eigenvalue weighted by atomic mass is 10.1. The third-order valence-corrected chi connectivity index (χ3v) is 4.85. The molecule has 0 bridgehead atoms. The molecule has 1 amide bonds. The van der Waals surface area contributed by atoms with Crippen LogP contribution in [0.3, 0.4) is 0 Å². The van der Waals surface area contributed by atoms with E-state index >= 15 is 0 Å². The molecule has 0 aliphatic carbocycles. The third-order valence-electron chi connectivity index (χ3n) is 4.62. The number of amides is 1. The largest absolute Gasteiger partial charge is 0.446 e. The Labute approximate surface area is 192 Å². The van der Waals surface area contributed by atoms with Crippen LogP contribution in [-0.2, 0) is 0 Å². The van der Waals surface area contributed by atoms with E-state index in [1.807, 2.05) is 0 Å². The smallest absolute Gasteiger partial charge is 0.260 e. The fourth-order valence-electron chi connectivity index (χ4n) is 2.80. The maximum atomic E-state index is 13.3. The zero-order chi connectivity index (χ0) is 23.7. The summed E-state index contributed by atoms with van der Waals surface area (Å²) in [5.74, 6) is 5.39. The van der Waals surface area contributed by atoms with Gasteiger partial charge in [-0.3, -0.25) is 9.80 Å². The molecule has 0 aliphatic rings. The van der Waals surface area contributed by atoms with E-state index in [1.54, 1.807) is 19.2 Å². The molecule has 32 heavy (non-hydrogen) atoms. The van der Waals surface area contributed by atoms with Crippen molar-refractivity contribution in [3.8, 4) is 5.88 Å². The highest BCUT2D eigenvalue weighted by atomic mass is 35.5. The molecule has 170 valence electrons. The van der Waals surface area contributed by atoms with Crippen LogP contribution in [0.15, 0.2) is 73.0 Å². The molecule has 0 atom stereocenters. The first-order valence-electron chi connectivity index (χ1n) is 9.95. The Bertz CT molecular complexity index is 1010. The second-order valence-electron chi connectivity index (χ2n) is 6.90. The number of ether oxygens (including phenoxy) is 1. The number of hydrazine groups is 1. The highest BCUT2D eigenvalue weighted by Gasteiger charge is 2.22. The molecule has 0 fully saturated rings. The van der Waals surface area contributed by atoms with Crippen LogP contribution in [-0.4, -0.2) is 22.8 Å². The van der Waals surface area contributed by atoms with Crippen molar-refractivity contribution in [3.05, 3.63) is 89.4 Å². The number of benzene rings is 1. The van der Waals surface area contributed by atoms with E-state index in [4.69, 9.17) is 27.9 Å². The number of hydrogen-bond donors (Lipinski definition) is 2. The van der Waals surface area contributed by atoms with Crippen molar-refractivity contribution >= 4 is 23.2 Å². The number of pyridine rings is 1. The van der Waals surface area contributed by atoms with E-state index in [0.717, 1.165) is 19.0 Å². The molecule has 1 aromatic carbocycles. The highest BCUT2D eigenvalue weighted by molar-refractivity contribution is 6.31. The van der Waals surface area contributed by atoms with Gasteiger partial charge in [0.2, 0.25) is 5.88 Å². The summed E-state index contributed by atoms with van der Waals surface area (Å²) in [4.78, 5) is 18.6. The monoisotopic (exact) mass is 459 g/mol. The van der Waals surface area contributed by atoms with E-state index < -0.39 is 5.82 Å². The van der Waals surface area contributed by atoms with Gasteiger partial charge in [-0.2, -0.15) is 0 Å². The van der Waals surface area contributed by atoms with E-state index in [9.17, 15) is 9.18 Å². The minimum Gasteiger partial charge on any atom is -0.446 e. The summed E-state index contributed by atoms with van der Waals surface area (Å²) in [5.41, 5.74) is 7.26. The zero-order valence-corrected chi connectivity index (χ0v) is 18.8. The van der Waals surface area contributed by atoms with Crippen molar-refractivity contribution in [1.82, 2.24) is 9.88 Å². The second-order valence-corrected chi connectivity index (χ2v) is 7.34. The SMILES string of the molecule is C=C(/C(=C/Oc1ccc(F)cn1)CCCC)N(C)C(=O)c1cc(Cl)ccc1N(N)/C=C\N.